The lowest BCUT2D eigenvalue weighted by atomic mass is 9.83. The lowest BCUT2D eigenvalue weighted by Gasteiger charge is -2.24. The van der Waals surface area contributed by atoms with Crippen molar-refractivity contribution in [3.05, 3.63) is 23.5 Å². The van der Waals surface area contributed by atoms with Crippen LogP contribution in [0.2, 0.25) is 0 Å². The summed E-state index contributed by atoms with van der Waals surface area (Å²) >= 11 is 7.74. The number of nitrogens with zero attached hydrogens (tertiary/aromatic N) is 2. The minimum atomic E-state index is 0.213. The Morgan fingerprint density at radius 1 is 1.56 bits per heavy atom. The highest BCUT2D eigenvalue weighted by atomic mass is 35.5. The minimum Gasteiger partial charge on any atom is -0.297 e. The van der Waals surface area contributed by atoms with Crippen molar-refractivity contribution in [2.45, 2.75) is 39.0 Å². The Morgan fingerprint density at radius 3 is 2.94 bits per heavy atom. The van der Waals surface area contributed by atoms with Crippen LogP contribution < -0.4 is 0 Å². The lowest BCUT2D eigenvalue weighted by Crippen LogP contribution is -2.19. The van der Waals surface area contributed by atoms with Gasteiger partial charge in [-0.2, -0.15) is 0 Å². The third kappa shape index (κ3) is 2.77. The number of imidazole rings is 1. The predicted molar refractivity (Wildman–Crippen MR) is 70.5 cm³/mol. The van der Waals surface area contributed by atoms with Gasteiger partial charge >= 0.3 is 0 Å². The van der Waals surface area contributed by atoms with Crippen molar-refractivity contribution in [3.8, 4) is 0 Å². The van der Waals surface area contributed by atoms with E-state index in [1.165, 1.54) is 0 Å². The van der Waals surface area contributed by atoms with E-state index in [1.807, 2.05) is 6.20 Å². The fraction of sp³-hybridized carbons (Fsp3) is 0.583. The molecule has 0 bridgehead atoms. The number of hydrogen-bond donors (Lipinski definition) is 0. The highest BCUT2D eigenvalue weighted by Crippen LogP contribution is 2.29. The van der Waals surface area contributed by atoms with Gasteiger partial charge in [0.15, 0.2) is 4.96 Å². The second kappa shape index (κ2) is 4.38. The zero-order chi connectivity index (χ0) is 11.8. The molecule has 16 heavy (non-hydrogen) atoms. The molecule has 0 aliphatic heterocycles. The van der Waals surface area contributed by atoms with E-state index in [9.17, 15) is 0 Å². The molecule has 2 aromatic heterocycles. The quantitative estimate of drug-likeness (QED) is 0.757. The highest BCUT2D eigenvalue weighted by Gasteiger charge is 2.22. The van der Waals surface area contributed by atoms with E-state index in [0.29, 0.717) is 0 Å². The highest BCUT2D eigenvalue weighted by molar-refractivity contribution is 7.15. The van der Waals surface area contributed by atoms with Crippen molar-refractivity contribution in [3.63, 3.8) is 0 Å². The van der Waals surface area contributed by atoms with Gasteiger partial charge in [0.25, 0.3) is 0 Å². The maximum Gasteiger partial charge on any atom is 0.193 e. The Hall–Kier alpha value is -0.540. The Kier molecular flexibility index (Phi) is 3.27. The monoisotopic (exact) mass is 256 g/mol. The topological polar surface area (TPSA) is 17.3 Å². The van der Waals surface area contributed by atoms with E-state index in [0.717, 1.165) is 23.5 Å². The molecule has 0 amide bonds. The second-order valence-corrected chi connectivity index (χ2v) is 6.77. The third-order valence-corrected chi connectivity index (χ3v) is 3.56. The van der Waals surface area contributed by atoms with E-state index in [2.05, 4.69) is 41.7 Å². The first-order chi connectivity index (χ1) is 7.46. The molecule has 0 fully saturated rings. The first-order valence-corrected chi connectivity index (χ1v) is 6.83. The van der Waals surface area contributed by atoms with E-state index in [4.69, 9.17) is 11.6 Å². The molecular formula is C12H17ClN2S. The summed E-state index contributed by atoms with van der Waals surface area (Å²) in [7, 11) is 0. The van der Waals surface area contributed by atoms with Crippen LogP contribution in [0.3, 0.4) is 0 Å². The van der Waals surface area contributed by atoms with Gasteiger partial charge in [-0.15, -0.1) is 22.9 Å². The fourth-order valence-electron chi connectivity index (χ4n) is 2.19. The number of fused-ring (bicyclic) bond motifs is 1. The predicted octanol–water partition coefficient (Wildman–Crippen LogP) is 3.98. The molecule has 2 nitrogen and oxygen atoms in total. The molecule has 2 aromatic rings. The van der Waals surface area contributed by atoms with Gasteiger partial charge < -0.3 is 0 Å². The van der Waals surface area contributed by atoms with Crippen LogP contribution in [0.4, 0.5) is 0 Å². The summed E-state index contributed by atoms with van der Waals surface area (Å²) in [6, 6.07) is 0. The van der Waals surface area contributed by atoms with Crippen LogP contribution in [-0.2, 0) is 6.42 Å². The van der Waals surface area contributed by atoms with Crippen molar-refractivity contribution < 1.29 is 0 Å². The van der Waals surface area contributed by atoms with Crippen LogP contribution >= 0.6 is 22.9 Å². The number of aromatic nitrogens is 2. The van der Waals surface area contributed by atoms with Gasteiger partial charge in [0.05, 0.1) is 5.69 Å². The van der Waals surface area contributed by atoms with Crippen LogP contribution in [0.25, 0.3) is 4.96 Å². The molecule has 4 heteroatoms. The molecule has 0 N–H and O–H groups in total. The van der Waals surface area contributed by atoms with Gasteiger partial charge in [-0.3, -0.25) is 4.40 Å². The number of hydrogen-bond acceptors (Lipinski definition) is 2. The van der Waals surface area contributed by atoms with Gasteiger partial charge in [-0.1, -0.05) is 13.8 Å². The van der Waals surface area contributed by atoms with Crippen molar-refractivity contribution >= 4 is 27.9 Å². The Balaban J connectivity index is 2.12. The molecule has 0 saturated heterocycles. The molecule has 2 heterocycles. The van der Waals surface area contributed by atoms with E-state index in [-0.39, 0.29) is 10.8 Å². The molecule has 88 valence electrons. The zero-order valence-electron chi connectivity index (χ0n) is 9.90. The lowest BCUT2D eigenvalue weighted by molar-refractivity contribution is 0.329. The van der Waals surface area contributed by atoms with Crippen molar-refractivity contribution in [2.24, 2.45) is 5.41 Å². The Labute approximate surface area is 105 Å². The molecule has 1 unspecified atom stereocenters. The normalized spacial score (nSPS) is 14.5. The number of thiazole rings is 1. The largest absolute Gasteiger partial charge is 0.297 e. The van der Waals surface area contributed by atoms with E-state index >= 15 is 0 Å². The van der Waals surface area contributed by atoms with Gasteiger partial charge in [0.1, 0.15) is 0 Å². The summed E-state index contributed by atoms with van der Waals surface area (Å²) in [4.78, 5) is 5.68. The molecule has 0 radical (unpaired) electrons. The maximum absolute atomic E-state index is 6.06. The van der Waals surface area contributed by atoms with Gasteiger partial charge in [0.2, 0.25) is 0 Å². The summed E-state index contributed by atoms with van der Waals surface area (Å²) in [6.45, 7) is 6.55. The van der Waals surface area contributed by atoms with E-state index in [1.54, 1.807) is 11.3 Å². The van der Waals surface area contributed by atoms with Crippen LogP contribution in [0.15, 0.2) is 17.8 Å². The van der Waals surface area contributed by atoms with Crippen molar-refractivity contribution in [1.82, 2.24) is 9.38 Å². The Morgan fingerprint density at radius 2 is 2.31 bits per heavy atom. The summed E-state index contributed by atoms with van der Waals surface area (Å²) in [6.07, 6.45) is 6.17. The van der Waals surface area contributed by atoms with Crippen molar-refractivity contribution in [2.75, 3.05) is 0 Å². The molecule has 0 spiro atoms. The smallest absolute Gasteiger partial charge is 0.193 e. The summed E-state index contributed by atoms with van der Waals surface area (Å²) in [5.74, 6) is 0. The van der Waals surface area contributed by atoms with Crippen molar-refractivity contribution in [1.29, 1.82) is 0 Å². The first kappa shape index (κ1) is 11.9. The maximum atomic E-state index is 6.06. The average molecular weight is 257 g/mol. The SMILES string of the molecule is CC(Cl)CC(C)(C)Cc1cn2ccsc2n1. The van der Waals surface area contributed by atoms with Gasteiger partial charge in [0, 0.05) is 23.2 Å². The van der Waals surface area contributed by atoms with Crippen LogP contribution in [-0.4, -0.2) is 14.8 Å². The molecule has 1 atom stereocenters. The number of rotatable bonds is 4. The van der Waals surface area contributed by atoms with Gasteiger partial charge in [-0.25, -0.2) is 4.98 Å². The summed E-state index contributed by atoms with van der Waals surface area (Å²) in [5.41, 5.74) is 1.37. The van der Waals surface area contributed by atoms with E-state index < -0.39 is 0 Å². The average Bonchev–Trinajstić information content (AvgIpc) is 2.58. The minimum absolute atomic E-state index is 0.213. The number of alkyl halides is 1. The Bertz CT molecular complexity index is 442. The summed E-state index contributed by atoms with van der Waals surface area (Å²) < 4.78 is 2.08. The third-order valence-electron chi connectivity index (χ3n) is 2.64. The first-order valence-electron chi connectivity index (χ1n) is 5.51. The number of halogens is 1. The second-order valence-electron chi connectivity index (χ2n) is 5.15. The molecular weight excluding hydrogens is 240 g/mol. The van der Waals surface area contributed by atoms with Crippen LogP contribution in [0.5, 0.6) is 0 Å². The standard InChI is InChI=1S/C12H17ClN2S/c1-9(13)6-12(2,3)7-10-8-15-4-5-16-11(15)14-10/h4-5,8-9H,6-7H2,1-3H3. The summed E-state index contributed by atoms with van der Waals surface area (Å²) in [5, 5.41) is 2.27. The fourth-order valence-corrected chi connectivity index (χ4v) is 3.32. The molecule has 0 aliphatic rings. The molecule has 0 aliphatic carbocycles. The van der Waals surface area contributed by atoms with Gasteiger partial charge in [-0.05, 0) is 25.2 Å². The van der Waals surface area contributed by atoms with Crippen LogP contribution in [0.1, 0.15) is 32.9 Å². The molecule has 2 rings (SSSR count). The zero-order valence-corrected chi connectivity index (χ0v) is 11.5. The molecule has 0 saturated carbocycles. The van der Waals surface area contributed by atoms with Crippen LogP contribution in [0, 0.1) is 5.41 Å². The molecule has 0 aromatic carbocycles.